The second-order valence-corrected chi connectivity index (χ2v) is 7.62. The molecule has 0 heterocycles. The molecule has 11 heteroatoms. The second kappa shape index (κ2) is 9.03. The SMILES string of the molecule is O=C(O)CCCCC(=O)Oc1ccc(C2=C(c3ccc(O)cc3)C(F)(F)C(F)(F)C2(F)F)cc1. The molecule has 0 unspecified atom stereocenters. The van der Waals surface area contributed by atoms with Crippen molar-refractivity contribution in [2.45, 2.75) is 43.5 Å². The standard InChI is InChI=1S/C23H18F6O5/c24-21(25)19(13-5-9-15(30)10-6-13)20(22(26,27)23(21,28)29)14-7-11-16(12-8-14)34-18(33)4-2-1-3-17(31)32/h5-12,30H,1-4H2,(H,31,32). The number of phenols is 1. The van der Waals surface area contributed by atoms with Crippen molar-refractivity contribution >= 4 is 23.1 Å². The first-order valence-corrected chi connectivity index (χ1v) is 10.00. The molecule has 0 spiro atoms. The van der Waals surface area contributed by atoms with E-state index in [1.165, 1.54) is 0 Å². The molecule has 0 fully saturated rings. The lowest BCUT2D eigenvalue weighted by atomic mass is 9.95. The molecule has 1 aliphatic carbocycles. The van der Waals surface area contributed by atoms with Crippen LogP contribution in [0.2, 0.25) is 0 Å². The maximum absolute atomic E-state index is 14.7. The van der Waals surface area contributed by atoms with Crippen LogP contribution in [0.3, 0.4) is 0 Å². The van der Waals surface area contributed by atoms with Crippen LogP contribution < -0.4 is 4.74 Å². The van der Waals surface area contributed by atoms with Gasteiger partial charge in [0.25, 0.3) is 0 Å². The van der Waals surface area contributed by atoms with Gasteiger partial charge in [-0.3, -0.25) is 9.59 Å². The highest BCUT2D eigenvalue weighted by Crippen LogP contribution is 2.64. The summed E-state index contributed by atoms with van der Waals surface area (Å²) in [7, 11) is 0. The quantitative estimate of drug-likeness (QED) is 0.213. The zero-order valence-electron chi connectivity index (χ0n) is 17.3. The molecular formula is C23H18F6O5. The van der Waals surface area contributed by atoms with Gasteiger partial charge in [-0.05, 0) is 48.2 Å². The number of hydrogen-bond acceptors (Lipinski definition) is 4. The predicted octanol–water partition coefficient (Wildman–Crippen LogP) is 5.77. The fraction of sp³-hybridized carbons (Fsp3) is 0.304. The summed E-state index contributed by atoms with van der Waals surface area (Å²) in [6.45, 7) is 0. The van der Waals surface area contributed by atoms with Crippen LogP contribution in [0, 0.1) is 0 Å². The number of phenolic OH excluding ortho intramolecular Hbond substituents is 1. The number of unbranched alkanes of at least 4 members (excludes halogenated alkanes) is 1. The molecule has 0 saturated heterocycles. The molecule has 0 aliphatic heterocycles. The van der Waals surface area contributed by atoms with E-state index in [-0.39, 0.29) is 37.2 Å². The normalized spacial score (nSPS) is 18.1. The first kappa shape index (κ1) is 25.1. The van der Waals surface area contributed by atoms with Crippen molar-refractivity contribution in [3.05, 3.63) is 59.7 Å². The van der Waals surface area contributed by atoms with Gasteiger partial charge in [0.15, 0.2) is 0 Å². The Morgan fingerprint density at radius 2 is 1.18 bits per heavy atom. The zero-order valence-corrected chi connectivity index (χ0v) is 17.3. The lowest BCUT2D eigenvalue weighted by Crippen LogP contribution is -2.48. The molecule has 2 aromatic carbocycles. The van der Waals surface area contributed by atoms with Crippen molar-refractivity contribution in [1.29, 1.82) is 0 Å². The lowest BCUT2D eigenvalue weighted by Gasteiger charge is -2.25. The van der Waals surface area contributed by atoms with Crippen molar-refractivity contribution in [2.75, 3.05) is 0 Å². The van der Waals surface area contributed by atoms with E-state index in [2.05, 4.69) is 0 Å². The van der Waals surface area contributed by atoms with E-state index in [1.54, 1.807) is 0 Å². The molecular weight excluding hydrogens is 470 g/mol. The summed E-state index contributed by atoms with van der Waals surface area (Å²) in [5, 5.41) is 17.9. The van der Waals surface area contributed by atoms with Crippen molar-refractivity contribution in [3.8, 4) is 11.5 Å². The minimum Gasteiger partial charge on any atom is -0.508 e. The van der Waals surface area contributed by atoms with Crippen LogP contribution >= 0.6 is 0 Å². The van der Waals surface area contributed by atoms with E-state index in [0.29, 0.717) is 0 Å². The third-order valence-electron chi connectivity index (χ3n) is 5.22. The Hall–Kier alpha value is -3.50. The lowest BCUT2D eigenvalue weighted by molar-refractivity contribution is -0.254. The Kier molecular flexibility index (Phi) is 6.68. The van der Waals surface area contributed by atoms with Crippen LogP contribution in [0.25, 0.3) is 11.1 Å². The Morgan fingerprint density at radius 3 is 1.65 bits per heavy atom. The fourth-order valence-corrected chi connectivity index (χ4v) is 3.52. The molecule has 3 rings (SSSR count). The number of alkyl halides is 6. The van der Waals surface area contributed by atoms with E-state index in [9.17, 15) is 41.0 Å². The van der Waals surface area contributed by atoms with Gasteiger partial charge in [-0.25, -0.2) is 0 Å². The number of carboxylic acid groups (broad SMARTS) is 1. The molecule has 2 N–H and O–H groups in total. The van der Waals surface area contributed by atoms with E-state index < -0.39 is 52.0 Å². The number of carbonyl (C=O) groups is 2. The molecule has 34 heavy (non-hydrogen) atoms. The molecule has 182 valence electrons. The molecule has 0 atom stereocenters. The summed E-state index contributed by atoms with van der Waals surface area (Å²) in [6, 6.07) is 7.18. The van der Waals surface area contributed by atoms with Crippen molar-refractivity contribution < 1.29 is 50.9 Å². The van der Waals surface area contributed by atoms with E-state index in [4.69, 9.17) is 9.84 Å². The van der Waals surface area contributed by atoms with Gasteiger partial charge in [0, 0.05) is 24.0 Å². The first-order chi connectivity index (χ1) is 15.8. The Balaban J connectivity index is 1.92. The van der Waals surface area contributed by atoms with Crippen LogP contribution in [0.5, 0.6) is 11.5 Å². The van der Waals surface area contributed by atoms with Gasteiger partial charge in [0.1, 0.15) is 11.5 Å². The highest BCUT2D eigenvalue weighted by molar-refractivity contribution is 6.01. The number of aliphatic carboxylic acids is 1. The van der Waals surface area contributed by atoms with Crippen molar-refractivity contribution in [1.82, 2.24) is 0 Å². The Labute approximate surface area is 189 Å². The van der Waals surface area contributed by atoms with Gasteiger partial charge in [-0.1, -0.05) is 24.3 Å². The number of carboxylic acids is 1. The number of halogens is 6. The Morgan fingerprint density at radius 1 is 0.735 bits per heavy atom. The van der Waals surface area contributed by atoms with Gasteiger partial charge in [-0.15, -0.1) is 0 Å². The molecule has 0 aromatic heterocycles. The topological polar surface area (TPSA) is 83.8 Å². The van der Waals surface area contributed by atoms with E-state index >= 15 is 0 Å². The maximum atomic E-state index is 14.7. The number of aromatic hydroxyl groups is 1. The highest BCUT2D eigenvalue weighted by Gasteiger charge is 2.80. The zero-order chi connectivity index (χ0) is 25.3. The largest absolute Gasteiger partial charge is 0.508 e. The van der Waals surface area contributed by atoms with Gasteiger partial charge in [0.2, 0.25) is 0 Å². The average molecular weight is 488 g/mol. The summed E-state index contributed by atoms with van der Waals surface area (Å²) in [5.74, 6) is -18.4. The minimum absolute atomic E-state index is 0.123. The monoisotopic (exact) mass is 488 g/mol. The third kappa shape index (κ3) is 4.46. The number of rotatable bonds is 8. The fourth-order valence-electron chi connectivity index (χ4n) is 3.52. The van der Waals surface area contributed by atoms with Crippen molar-refractivity contribution in [3.63, 3.8) is 0 Å². The number of carbonyl (C=O) groups excluding carboxylic acids is 1. The summed E-state index contributed by atoms with van der Waals surface area (Å²) >= 11 is 0. The van der Waals surface area contributed by atoms with Crippen LogP contribution in [-0.4, -0.2) is 39.9 Å². The summed E-state index contributed by atoms with van der Waals surface area (Å²) in [5.41, 5.74) is -4.41. The van der Waals surface area contributed by atoms with Crippen LogP contribution in [-0.2, 0) is 9.59 Å². The first-order valence-electron chi connectivity index (χ1n) is 10.00. The van der Waals surface area contributed by atoms with Crippen LogP contribution in [0.4, 0.5) is 26.3 Å². The summed E-state index contributed by atoms with van der Waals surface area (Å²) in [6.07, 6.45) is 0.198. The van der Waals surface area contributed by atoms with Gasteiger partial charge >= 0.3 is 29.7 Å². The number of allylic oxidation sites excluding steroid dienone is 2. The van der Waals surface area contributed by atoms with Gasteiger partial charge in [-0.2, -0.15) is 26.3 Å². The van der Waals surface area contributed by atoms with Gasteiger partial charge < -0.3 is 14.9 Å². The molecule has 0 bridgehead atoms. The highest BCUT2D eigenvalue weighted by atomic mass is 19.3. The number of esters is 1. The Bertz CT molecular complexity index is 1110. The van der Waals surface area contributed by atoms with Gasteiger partial charge in [0.05, 0.1) is 0 Å². The molecule has 0 amide bonds. The number of hydrogen-bond donors (Lipinski definition) is 2. The molecule has 2 aromatic rings. The molecule has 0 saturated carbocycles. The summed E-state index contributed by atoms with van der Waals surface area (Å²) in [4.78, 5) is 22.3. The van der Waals surface area contributed by atoms with E-state index in [1.807, 2.05) is 0 Å². The second-order valence-electron chi connectivity index (χ2n) is 7.62. The van der Waals surface area contributed by atoms with Crippen LogP contribution in [0.15, 0.2) is 48.5 Å². The van der Waals surface area contributed by atoms with E-state index in [0.717, 1.165) is 48.5 Å². The predicted molar refractivity (Wildman–Crippen MR) is 108 cm³/mol. The van der Waals surface area contributed by atoms with Crippen LogP contribution in [0.1, 0.15) is 36.8 Å². The molecule has 1 aliphatic rings. The smallest absolute Gasteiger partial charge is 0.380 e. The summed E-state index contributed by atoms with van der Waals surface area (Å²) < 4.78 is 91.9. The molecule has 0 radical (unpaired) electrons. The average Bonchev–Trinajstić information content (AvgIpc) is 2.86. The number of benzene rings is 2. The van der Waals surface area contributed by atoms with Crippen molar-refractivity contribution in [2.24, 2.45) is 0 Å². The number of ether oxygens (including phenoxy) is 1. The third-order valence-corrected chi connectivity index (χ3v) is 5.22. The molecule has 5 nitrogen and oxygen atoms in total. The minimum atomic E-state index is -5.72. The maximum Gasteiger partial charge on any atom is 0.380 e.